The van der Waals surface area contributed by atoms with Crippen molar-refractivity contribution in [1.29, 1.82) is 0 Å². The first kappa shape index (κ1) is 23.8. The summed E-state index contributed by atoms with van der Waals surface area (Å²) in [6, 6.07) is 5.55. The number of likely N-dealkylation sites (tertiary alicyclic amines) is 1. The quantitative estimate of drug-likeness (QED) is 0.302. The Hall–Kier alpha value is -3.47. The van der Waals surface area contributed by atoms with E-state index in [9.17, 15) is 29.1 Å². The second-order valence-corrected chi connectivity index (χ2v) is 7.26. The number of hydrogen-bond acceptors (Lipinski definition) is 6. The number of rotatable bonds is 10. The summed E-state index contributed by atoms with van der Waals surface area (Å²) in [6.45, 7) is -0.160. The summed E-state index contributed by atoms with van der Waals surface area (Å²) in [4.78, 5) is 60.4. The van der Waals surface area contributed by atoms with E-state index in [1.54, 1.807) is 30.3 Å². The largest absolute Gasteiger partial charge is 0.481 e. The predicted octanol–water partition coefficient (Wildman–Crippen LogP) is -1.29. The fourth-order valence-corrected chi connectivity index (χ4v) is 3.33. The van der Waals surface area contributed by atoms with Crippen LogP contribution in [0.2, 0.25) is 0 Å². The lowest BCUT2D eigenvalue weighted by atomic mass is 10.1. The zero-order valence-electron chi connectivity index (χ0n) is 16.8. The molecule has 1 heterocycles. The number of carboxylic acid groups (broad SMARTS) is 2. The van der Waals surface area contributed by atoms with Crippen LogP contribution in [0.1, 0.15) is 24.8 Å². The number of benzene rings is 1. The average Bonchev–Trinajstić information content (AvgIpc) is 3.21. The van der Waals surface area contributed by atoms with Gasteiger partial charge in [-0.05, 0) is 18.4 Å². The Balaban J connectivity index is 1.94. The van der Waals surface area contributed by atoms with Crippen LogP contribution in [0.5, 0.6) is 0 Å². The summed E-state index contributed by atoms with van der Waals surface area (Å²) in [6.07, 6.45) is 0.432. The van der Waals surface area contributed by atoms with Gasteiger partial charge >= 0.3 is 11.9 Å². The summed E-state index contributed by atoms with van der Waals surface area (Å²) in [7, 11) is 0. The van der Waals surface area contributed by atoms with Crippen LogP contribution in [0.25, 0.3) is 0 Å². The maximum absolute atomic E-state index is 12.7. The number of amides is 3. The van der Waals surface area contributed by atoms with Crippen LogP contribution >= 0.6 is 0 Å². The summed E-state index contributed by atoms with van der Waals surface area (Å²) in [5, 5.41) is 22.9. The second kappa shape index (κ2) is 11.1. The van der Waals surface area contributed by atoms with Gasteiger partial charge < -0.3 is 31.5 Å². The molecule has 1 aliphatic rings. The Morgan fingerprint density at radius 2 is 1.81 bits per heavy atom. The van der Waals surface area contributed by atoms with E-state index in [1.165, 1.54) is 4.90 Å². The van der Waals surface area contributed by atoms with Gasteiger partial charge in [0, 0.05) is 13.0 Å². The van der Waals surface area contributed by atoms with Gasteiger partial charge in [-0.25, -0.2) is 4.79 Å². The summed E-state index contributed by atoms with van der Waals surface area (Å²) >= 11 is 0. The van der Waals surface area contributed by atoms with Gasteiger partial charge in [0.2, 0.25) is 17.7 Å². The van der Waals surface area contributed by atoms with Gasteiger partial charge in [0.15, 0.2) is 0 Å². The third-order valence-corrected chi connectivity index (χ3v) is 4.92. The first-order valence-electron chi connectivity index (χ1n) is 9.80. The van der Waals surface area contributed by atoms with Gasteiger partial charge in [0.1, 0.15) is 12.1 Å². The normalized spacial score (nSPS) is 17.5. The fraction of sp³-hybridized carbons (Fsp3) is 0.450. The third-order valence-electron chi connectivity index (χ3n) is 4.92. The molecule has 0 spiro atoms. The highest BCUT2D eigenvalue weighted by Gasteiger charge is 2.36. The molecular weight excluding hydrogens is 408 g/mol. The molecule has 0 radical (unpaired) electrons. The zero-order chi connectivity index (χ0) is 23.0. The highest BCUT2D eigenvalue weighted by molar-refractivity contribution is 5.93. The van der Waals surface area contributed by atoms with Crippen molar-refractivity contribution in [3.05, 3.63) is 35.9 Å². The molecule has 168 valence electrons. The Morgan fingerprint density at radius 1 is 1.13 bits per heavy atom. The van der Waals surface area contributed by atoms with Crippen LogP contribution < -0.4 is 16.4 Å². The molecule has 3 unspecified atom stereocenters. The van der Waals surface area contributed by atoms with Crippen molar-refractivity contribution in [2.75, 3.05) is 13.1 Å². The molecule has 3 amide bonds. The molecule has 0 bridgehead atoms. The monoisotopic (exact) mass is 434 g/mol. The minimum Gasteiger partial charge on any atom is -0.481 e. The van der Waals surface area contributed by atoms with E-state index in [-0.39, 0.29) is 13.0 Å². The molecule has 3 atom stereocenters. The number of hydrogen-bond donors (Lipinski definition) is 5. The molecule has 2 rings (SSSR count). The van der Waals surface area contributed by atoms with E-state index >= 15 is 0 Å². The highest BCUT2D eigenvalue weighted by Crippen LogP contribution is 2.18. The van der Waals surface area contributed by atoms with E-state index in [0.717, 1.165) is 5.56 Å². The maximum Gasteiger partial charge on any atom is 0.326 e. The minimum atomic E-state index is -1.29. The lowest BCUT2D eigenvalue weighted by Gasteiger charge is -2.26. The molecule has 1 fully saturated rings. The van der Waals surface area contributed by atoms with Crippen LogP contribution in [0, 0.1) is 0 Å². The van der Waals surface area contributed by atoms with Gasteiger partial charge in [-0.15, -0.1) is 0 Å². The van der Waals surface area contributed by atoms with Crippen LogP contribution in [-0.4, -0.2) is 76.0 Å². The molecule has 0 saturated carbocycles. The number of carboxylic acids is 2. The number of carbonyl (C=O) groups excluding carboxylic acids is 3. The van der Waals surface area contributed by atoms with Crippen molar-refractivity contribution in [1.82, 2.24) is 15.5 Å². The molecule has 11 heteroatoms. The van der Waals surface area contributed by atoms with Crippen molar-refractivity contribution in [2.24, 2.45) is 5.73 Å². The van der Waals surface area contributed by atoms with Gasteiger partial charge in [-0.2, -0.15) is 0 Å². The Kier molecular flexibility index (Phi) is 8.50. The Labute approximate surface area is 178 Å². The van der Waals surface area contributed by atoms with E-state index in [1.807, 2.05) is 0 Å². The van der Waals surface area contributed by atoms with Crippen LogP contribution in [0.3, 0.4) is 0 Å². The lowest BCUT2D eigenvalue weighted by Crippen LogP contribution is -2.53. The first-order chi connectivity index (χ1) is 14.7. The number of aliphatic carboxylic acids is 2. The van der Waals surface area contributed by atoms with Crippen LogP contribution in [0.15, 0.2) is 30.3 Å². The Bertz CT molecular complexity index is 830. The Morgan fingerprint density at radius 3 is 2.42 bits per heavy atom. The zero-order valence-corrected chi connectivity index (χ0v) is 16.8. The van der Waals surface area contributed by atoms with Crippen LogP contribution in [-0.2, 0) is 30.4 Å². The molecule has 1 aliphatic heterocycles. The second-order valence-electron chi connectivity index (χ2n) is 7.26. The number of nitrogens with one attached hydrogen (secondary N) is 2. The molecule has 31 heavy (non-hydrogen) atoms. The number of nitrogens with two attached hydrogens (primary N) is 1. The highest BCUT2D eigenvalue weighted by atomic mass is 16.4. The van der Waals surface area contributed by atoms with Crippen molar-refractivity contribution < 1.29 is 34.2 Å². The van der Waals surface area contributed by atoms with E-state index < -0.39 is 60.8 Å². The van der Waals surface area contributed by atoms with E-state index in [2.05, 4.69) is 10.6 Å². The van der Waals surface area contributed by atoms with Gasteiger partial charge in [0.05, 0.1) is 19.0 Å². The standard InChI is InChI=1S/C20H26N4O7/c21-13(10-17(26)27)18(28)22-11-16(25)24-8-4-7-15(24)19(29)23-14(20(30)31)9-12-5-2-1-3-6-12/h1-3,5-6,13-15H,4,7-11,21H2,(H,22,28)(H,23,29)(H,26,27)(H,30,31). The van der Waals surface area contributed by atoms with E-state index in [0.29, 0.717) is 12.8 Å². The first-order valence-corrected chi connectivity index (χ1v) is 9.80. The van der Waals surface area contributed by atoms with E-state index in [4.69, 9.17) is 10.8 Å². The van der Waals surface area contributed by atoms with Crippen molar-refractivity contribution in [3.8, 4) is 0 Å². The summed E-state index contributed by atoms with van der Waals surface area (Å²) in [5.74, 6) is -4.34. The van der Waals surface area contributed by atoms with Gasteiger partial charge in [-0.1, -0.05) is 30.3 Å². The average molecular weight is 434 g/mol. The molecule has 0 aromatic heterocycles. The maximum atomic E-state index is 12.7. The van der Waals surface area contributed by atoms with Crippen molar-refractivity contribution >= 4 is 29.7 Å². The summed E-state index contributed by atoms with van der Waals surface area (Å²) < 4.78 is 0. The number of carbonyl (C=O) groups is 5. The van der Waals surface area contributed by atoms with Crippen LogP contribution in [0.4, 0.5) is 0 Å². The third kappa shape index (κ3) is 7.07. The van der Waals surface area contributed by atoms with Gasteiger partial charge in [-0.3, -0.25) is 19.2 Å². The predicted molar refractivity (Wildman–Crippen MR) is 108 cm³/mol. The number of nitrogens with zero attached hydrogens (tertiary/aromatic N) is 1. The molecule has 6 N–H and O–H groups in total. The topological polar surface area (TPSA) is 179 Å². The molecule has 1 aromatic rings. The molecule has 11 nitrogen and oxygen atoms in total. The SMILES string of the molecule is NC(CC(=O)O)C(=O)NCC(=O)N1CCCC1C(=O)NC(Cc1ccccc1)C(=O)O. The molecular formula is C20H26N4O7. The van der Waals surface area contributed by atoms with Crippen molar-refractivity contribution in [3.63, 3.8) is 0 Å². The van der Waals surface area contributed by atoms with Gasteiger partial charge in [0.25, 0.3) is 0 Å². The van der Waals surface area contributed by atoms with Crippen molar-refractivity contribution in [2.45, 2.75) is 43.8 Å². The fourth-order valence-electron chi connectivity index (χ4n) is 3.33. The molecule has 1 saturated heterocycles. The lowest BCUT2D eigenvalue weighted by molar-refractivity contribution is -0.144. The minimum absolute atomic E-state index is 0.0973. The molecule has 1 aromatic carbocycles. The molecule has 0 aliphatic carbocycles. The summed E-state index contributed by atoms with van der Waals surface area (Å²) in [5.41, 5.74) is 6.19. The smallest absolute Gasteiger partial charge is 0.326 e.